The zero-order chi connectivity index (χ0) is 21.5. The van der Waals surface area contributed by atoms with Crippen molar-refractivity contribution < 1.29 is 4.21 Å². The molecule has 0 saturated heterocycles. The number of pyridine rings is 1. The van der Waals surface area contributed by atoms with Crippen molar-refractivity contribution in [3.05, 3.63) is 51.4 Å². The first-order valence-electron chi connectivity index (χ1n) is 10.9. The van der Waals surface area contributed by atoms with Crippen molar-refractivity contribution in [3.8, 4) is 0 Å². The van der Waals surface area contributed by atoms with E-state index < -0.39 is 10.8 Å². The molecule has 5 rings (SSSR count). The molecule has 2 aliphatic rings. The molecule has 1 unspecified atom stereocenters. The first-order valence-corrected chi connectivity index (χ1v) is 12.5. The summed E-state index contributed by atoms with van der Waals surface area (Å²) in [5.41, 5.74) is 2.26. The van der Waals surface area contributed by atoms with E-state index in [1.54, 1.807) is 16.8 Å². The van der Waals surface area contributed by atoms with Gasteiger partial charge in [-0.15, -0.1) is 0 Å². The molecular weight excluding hydrogens is 432 g/mol. The lowest BCUT2D eigenvalue weighted by atomic mass is 10.00. The van der Waals surface area contributed by atoms with Crippen molar-refractivity contribution in [2.24, 2.45) is 0 Å². The van der Waals surface area contributed by atoms with E-state index >= 15 is 0 Å². The Morgan fingerprint density at radius 3 is 2.58 bits per heavy atom. The number of nitrogens with zero attached hydrogens (tertiary/aromatic N) is 3. The Morgan fingerprint density at radius 2 is 1.90 bits per heavy atom. The summed E-state index contributed by atoms with van der Waals surface area (Å²) in [5.74, 6) is 0.428. The average molecular weight is 457 g/mol. The lowest BCUT2D eigenvalue weighted by Crippen LogP contribution is -2.25. The molecule has 8 heteroatoms. The number of halogens is 1. The van der Waals surface area contributed by atoms with Crippen molar-refractivity contribution in [1.29, 1.82) is 0 Å². The summed E-state index contributed by atoms with van der Waals surface area (Å²) in [5, 5.41) is 4.52. The van der Waals surface area contributed by atoms with E-state index in [0.717, 1.165) is 60.1 Å². The van der Waals surface area contributed by atoms with Gasteiger partial charge < -0.3 is 5.32 Å². The summed E-state index contributed by atoms with van der Waals surface area (Å²) in [6.45, 7) is 1.99. The molecule has 1 N–H and O–H groups in total. The summed E-state index contributed by atoms with van der Waals surface area (Å²) in [6.07, 6.45) is 9.10. The van der Waals surface area contributed by atoms with E-state index in [4.69, 9.17) is 11.6 Å². The van der Waals surface area contributed by atoms with Crippen LogP contribution in [0.25, 0.3) is 11.0 Å². The zero-order valence-electron chi connectivity index (χ0n) is 17.4. The Bertz CT molecular complexity index is 1230. The fourth-order valence-electron chi connectivity index (χ4n) is 4.45. The van der Waals surface area contributed by atoms with Crippen LogP contribution >= 0.6 is 11.6 Å². The summed E-state index contributed by atoms with van der Waals surface area (Å²) in [7, 11) is -0.944. The van der Waals surface area contributed by atoms with Gasteiger partial charge in [0.2, 0.25) is 5.95 Å². The molecule has 0 radical (unpaired) electrons. The molecule has 162 valence electrons. The molecule has 2 aromatic heterocycles. The van der Waals surface area contributed by atoms with Gasteiger partial charge in [-0.3, -0.25) is 13.6 Å². The molecule has 31 heavy (non-hydrogen) atoms. The number of hydrogen-bond acceptors (Lipinski definition) is 5. The van der Waals surface area contributed by atoms with Crippen LogP contribution in [0.3, 0.4) is 0 Å². The summed E-state index contributed by atoms with van der Waals surface area (Å²) >= 11 is 6.21. The summed E-state index contributed by atoms with van der Waals surface area (Å²) in [4.78, 5) is 22.8. The van der Waals surface area contributed by atoms with E-state index in [-0.39, 0.29) is 16.6 Å². The molecule has 3 aromatic rings. The molecule has 6 nitrogen and oxygen atoms in total. The van der Waals surface area contributed by atoms with Crippen LogP contribution in [0.1, 0.15) is 56.6 Å². The minimum absolute atomic E-state index is 0.124. The number of nitrogens with one attached hydrogen (secondary N) is 1. The second-order valence-electron chi connectivity index (χ2n) is 8.53. The van der Waals surface area contributed by atoms with E-state index in [1.807, 2.05) is 25.1 Å². The molecule has 1 atom stereocenters. The van der Waals surface area contributed by atoms with Crippen LogP contribution in [0.5, 0.6) is 0 Å². The molecule has 0 amide bonds. The molecule has 2 aliphatic carbocycles. The van der Waals surface area contributed by atoms with Crippen molar-refractivity contribution in [3.63, 3.8) is 0 Å². The molecule has 0 bridgehead atoms. The van der Waals surface area contributed by atoms with Crippen LogP contribution in [-0.4, -0.2) is 24.0 Å². The Hall–Kier alpha value is -2.25. The maximum Gasteiger partial charge on any atom is 0.271 e. The van der Waals surface area contributed by atoms with Gasteiger partial charge in [0.05, 0.1) is 10.8 Å². The first kappa shape index (κ1) is 20.6. The number of fused-ring (bicyclic) bond motifs is 1. The van der Waals surface area contributed by atoms with Crippen molar-refractivity contribution in [2.75, 3.05) is 5.32 Å². The highest BCUT2D eigenvalue weighted by Gasteiger charge is 2.25. The SMILES string of the molecule is Cc1cc(S(=O)C2CCC2)ccc1Nc1ncc2cc(Cl)c(=O)n(C3CCCC3)c2n1. The molecule has 2 fully saturated rings. The molecule has 2 saturated carbocycles. The highest BCUT2D eigenvalue weighted by atomic mass is 35.5. The standard InChI is InChI=1S/C23H25ClN4O2S/c1-14-11-18(31(30)17-7-4-8-17)9-10-20(14)26-23-25-13-15-12-19(24)22(29)28(21(15)27-23)16-5-2-3-6-16/h9-13,16-17H,2-8H2,1H3,(H,25,26,27). The predicted octanol–water partition coefficient (Wildman–Crippen LogP) is 5.27. The Labute approximate surface area is 188 Å². The quantitative estimate of drug-likeness (QED) is 0.565. The number of rotatable bonds is 5. The maximum absolute atomic E-state index is 12.8. The van der Waals surface area contributed by atoms with E-state index in [0.29, 0.717) is 16.8 Å². The fourth-order valence-corrected chi connectivity index (χ4v) is 6.30. The van der Waals surface area contributed by atoms with Gasteiger partial charge in [0.25, 0.3) is 5.56 Å². The average Bonchev–Trinajstić information content (AvgIpc) is 3.23. The molecule has 1 aromatic carbocycles. The lowest BCUT2D eigenvalue weighted by molar-refractivity contribution is 0.505. The highest BCUT2D eigenvalue weighted by molar-refractivity contribution is 7.85. The summed E-state index contributed by atoms with van der Waals surface area (Å²) in [6, 6.07) is 7.59. The molecular formula is C23H25ClN4O2S. The lowest BCUT2D eigenvalue weighted by Gasteiger charge is -2.24. The normalized spacial score (nSPS) is 18.3. The molecule has 2 heterocycles. The van der Waals surface area contributed by atoms with E-state index in [9.17, 15) is 9.00 Å². The number of benzene rings is 1. The topological polar surface area (TPSA) is 76.9 Å². The van der Waals surface area contributed by atoms with Gasteiger partial charge in [-0.1, -0.05) is 30.9 Å². The van der Waals surface area contributed by atoms with Crippen LogP contribution < -0.4 is 10.9 Å². The van der Waals surface area contributed by atoms with Gasteiger partial charge in [0, 0.05) is 33.5 Å². The molecule has 0 spiro atoms. The van der Waals surface area contributed by atoms with Gasteiger partial charge in [0.15, 0.2) is 0 Å². The van der Waals surface area contributed by atoms with Crippen molar-refractivity contribution >= 4 is 45.1 Å². The fraction of sp³-hybridized carbons (Fsp3) is 0.435. The van der Waals surface area contributed by atoms with Gasteiger partial charge in [-0.25, -0.2) is 4.98 Å². The number of aryl methyl sites for hydroxylation is 1. The molecule has 0 aliphatic heterocycles. The second-order valence-corrected chi connectivity index (χ2v) is 10.7. The smallest absolute Gasteiger partial charge is 0.271 e. The maximum atomic E-state index is 12.8. The van der Waals surface area contributed by atoms with Gasteiger partial charge >= 0.3 is 0 Å². The zero-order valence-corrected chi connectivity index (χ0v) is 19.0. The first-order chi connectivity index (χ1) is 15.0. The minimum atomic E-state index is -0.944. The highest BCUT2D eigenvalue weighted by Crippen LogP contribution is 2.32. The van der Waals surface area contributed by atoms with Gasteiger partial charge in [-0.2, -0.15) is 4.98 Å². The van der Waals surface area contributed by atoms with Gasteiger partial charge in [-0.05, 0) is 62.4 Å². The number of anilines is 2. The van der Waals surface area contributed by atoms with Gasteiger partial charge in [0.1, 0.15) is 10.7 Å². The third kappa shape index (κ3) is 3.89. The van der Waals surface area contributed by atoms with Crippen LogP contribution in [-0.2, 0) is 10.8 Å². The third-order valence-corrected chi connectivity index (χ3v) is 8.52. The van der Waals surface area contributed by atoms with Crippen molar-refractivity contribution in [1.82, 2.24) is 14.5 Å². The van der Waals surface area contributed by atoms with Crippen LogP contribution in [0.2, 0.25) is 5.02 Å². The largest absolute Gasteiger partial charge is 0.324 e. The predicted molar refractivity (Wildman–Crippen MR) is 125 cm³/mol. The van der Waals surface area contributed by atoms with E-state index in [2.05, 4.69) is 15.3 Å². The van der Waals surface area contributed by atoms with E-state index in [1.165, 1.54) is 6.42 Å². The minimum Gasteiger partial charge on any atom is -0.324 e. The van der Waals surface area contributed by atoms with Crippen molar-refractivity contribution in [2.45, 2.75) is 68.1 Å². The van der Waals surface area contributed by atoms with Crippen LogP contribution in [0, 0.1) is 6.92 Å². The van der Waals surface area contributed by atoms with Crippen LogP contribution in [0.15, 0.2) is 40.2 Å². The van der Waals surface area contributed by atoms with Crippen LogP contribution in [0.4, 0.5) is 11.6 Å². The summed E-state index contributed by atoms with van der Waals surface area (Å²) < 4.78 is 14.4. The number of aromatic nitrogens is 3. The monoisotopic (exact) mass is 456 g/mol. The second kappa shape index (κ2) is 8.36. The number of hydrogen-bond donors (Lipinski definition) is 1. The Morgan fingerprint density at radius 1 is 1.13 bits per heavy atom. The third-order valence-electron chi connectivity index (χ3n) is 6.45. The Balaban J connectivity index is 1.48. The Kier molecular flexibility index (Phi) is 5.56.